The second kappa shape index (κ2) is 11.0. The van der Waals surface area contributed by atoms with E-state index in [-0.39, 0.29) is 11.5 Å². The highest BCUT2D eigenvalue weighted by Crippen LogP contribution is 2.36. The number of benzene rings is 2. The van der Waals surface area contributed by atoms with Gasteiger partial charge in [0.25, 0.3) is 10.0 Å². The lowest BCUT2D eigenvalue weighted by molar-refractivity contribution is -0.137. The molecule has 1 aliphatic rings. The monoisotopic (exact) mass is 569 g/mol. The lowest BCUT2D eigenvalue weighted by Crippen LogP contribution is -2.56. The van der Waals surface area contributed by atoms with Gasteiger partial charge < -0.3 is 9.80 Å². The van der Waals surface area contributed by atoms with Crippen LogP contribution in [0.3, 0.4) is 0 Å². The SMILES string of the molecule is CN(C)C1(CCc2cccc(C(F)(F)F)c2)CCCN(c2cc(F)c(S(=O)(=O)Nc3ccncn3)c(F)c2)C1. The summed E-state index contributed by atoms with van der Waals surface area (Å²) in [6, 6.07) is 8.42. The normalized spacial score (nSPS) is 18.4. The van der Waals surface area contributed by atoms with E-state index in [0.717, 1.165) is 37.0 Å². The highest BCUT2D eigenvalue weighted by molar-refractivity contribution is 7.92. The van der Waals surface area contributed by atoms with Gasteiger partial charge in [-0.25, -0.2) is 27.2 Å². The highest BCUT2D eigenvalue weighted by atomic mass is 32.2. The predicted molar refractivity (Wildman–Crippen MR) is 137 cm³/mol. The number of halogens is 5. The van der Waals surface area contributed by atoms with E-state index in [1.165, 1.54) is 18.3 Å². The fourth-order valence-electron chi connectivity index (χ4n) is 4.93. The van der Waals surface area contributed by atoms with Gasteiger partial charge in [-0.15, -0.1) is 0 Å². The van der Waals surface area contributed by atoms with Crippen LogP contribution in [0.1, 0.15) is 30.4 Å². The summed E-state index contributed by atoms with van der Waals surface area (Å²) >= 11 is 0. The van der Waals surface area contributed by atoms with Gasteiger partial charge in [-0.1, -0.05) is 18.2 Å². The molecule has 7 nitrogen and oxygen atoms in total. The minimum absolute atomic E-state index is 0.138. The third kappa shape index (κ3) is 6.47. The minimum Gasteiger partial charge on any atom is -0.370 e. The molecular weight excluding hydrogens is 541 g/mol. The number of aryl methyl sites for hydroxylation is 1. The minimum atomic E-state index is -4.61. The zero-order chi connectivity index (χ0) is 28.4. The fourth-order valence-corrected chi connectivity index (χ4v) is 6.06. The molecule has 1 unspecified atom stereocenters. The molecule has 1 atom stereocenters. The van der Waals surface area contributed by atoms with Crippen LogP contribution in [0.25, 0.3) is 0 Å². The van der Waals surface area contributed by atoms with Crippen molar-refractivity contribution in [2.75, 3.05) is 36.8 Å². The van der Waals surface area contributed by atoms with Gasteiger partial charge in [-0.2, -0.15) is 13.2 Å². The number of hydrogen-bond donors (Lipinski definition) is 1. The lowest BCUT2D eigenvalue weighted by atomic mass is 9.82. The summed E-state index contributed by atoms with van der Waals surface area (Å²) in [5.74, 6) is -2.64. The van der Waals surface area contributed by atoms with Crippen LogP contribution in [0.15, 0.2) is 59.9 Å². The Kier molecular flexibility index (Phi) is 8.12. The molecule has 3 aromatic rings. The zero-order valence-corrected chi connectivity index (χ0v) is 22.2. The summed E-state index contributed by atoms with van der Waals surface area (Å²) in [5, 5.41) is 0. The van der Waals surface area contributed by atoms with Gasteiger partial charge in [0.15, 0.2) is 4.90 Å². The van der Waals surface area contributed by atoms with E-state index in [4.69, 9.17) is 0 Å². The molecule has 0 amide bonds. The van der Waals surface area contributed by atoms with E-state index in [1.54, 1.807) is 11.0 Å². The Balaban J connectivity index is 1.56. The topological polar surface area (TPSA) is 78.4 Å². The molecule has 0 saturated carbocycles. The van der Waals surface area contributed by atoms with Gasteiger partial charge in [-0.05, 0) is 69.6 Å². The standard InChI is InChI=1S/C26H28F5N5O2S/c1-35(2)25(10-7-18-5-3-6-19(13-18)26(29,30)31)9-4-12-36(16-25)20-14-21(27)24(22(28)15-20)39(37,38)34-23-8-11-32-17-33-23/h3,5-6,8,11,13-15,17H,4,7,9-10,12,16H2,1-2H3,(H,32,33,34). The van der Waals surface area contributed by atoms with Crippen molar-refractivity contribution in [2.24, 2.45) is 0 Å². The van der Waals surface area contributed by atoms with E-state index >= 15 is 8.78 Å². The summed E-state index contributed by atoms with van der Waals surface area (Å²) in [6.45, 7) is 0.826. The van der Waals surface area contributed by atoms with Crippen LogP contribution in [-0.4, -0.2) is 56.0 Å². The van der Waals surface area contributed by atoms with Crippen LogP contribution in [0.2, 0.25) is 0 Å². The molecular formula is C26H28F5N5O2S. The molecule has 2 aromatic carbocycles. The Labute approximate surface area is 223 Å². The molecule has 4 rings (SSSR count). The van der Waals surface area contributed by atoms with Gasteiger partial charge >= 0.3 is 6.18 Å². The Hall–Kier alpha value is -3.32. The van der Waals surface area contributed by atoms with Crippen LogP contribution in [-0.2, 0) is 22.6 Å². The molecule has 0 radical (unpaired) electrons. The Bertz CT molecular complexity index is 1400. The number of nitrogens with one attached hydrogen (secondary N) is 1. The van der Waals surface area contributed by atoms with Crippen molar-refractivity contribution in [3.05, 3.63) is 77.8 Å². The molecule has 210 valence electrons. The third-order valence-corrected chi connectivity index (χ3v) is 8.48. The first kappa shape index (κ1) is 28.7. The number of likely N-dealkylation sites (N-methyl/N-ethyl adjacent to an activating group) is 1. The van der Waals surface area contributed by atoms with Crippen molar-refractivity contribution in [1.82, 2.24) is 14.9 Å². The Morgan fingerprint density at radius 3 is 2.44 bits per heavy atom. The molecule has 39 heavy (non-hydrogen) atoms. The molecule has 1 fully saturated rings. The predicted octanol–water partition coefficient (Wildman–Crippen LogP) is 5.11. The number of nitrogens with zero attached hydrogens (tertiary/aromatic N) is 4. The maximum absolute atomic E-state index is 15.1. The molecule has 1 N–H and O–H groups in total. The van der Waals surface area contributed by atoms with Crippen molar-refractivity contribution in [1.29, 1.82) is 0 Å². The van der Waals surface area contributed by atoms with Crippen molar-refractivity contribution < 1.29 is 30.4 Å². The van der Waals surface area contributed by atoms with Crippen molar-refractivity contribution in [3.63, 3.8) is 0 Å². The smallest absolute Gasteiger partial charge is 0.370 e. The molecule has 0 aliphatic carbocycles. The van der Waals surface area contributed by atoms with Crippen molar-refractivity contribution >= 4 is 21.5 Å². The second-order valence-electron chi connectivity index (χ2n) is 9.78. The number of rotatable bonds is 8. The van der Waals surface area contributed by atoms with Crippen LogP contribution < -0.4 is 9.62 Å². The second-order valence-corrected chi connectivity index (χ2v) is 11.4. The quantitative estimate of drug-likeness (QED) is 0.380. The molecule has 1 aromatic heterocycles. The van der Waals surface area contributed by atoms with E-state index < -0.39 is 43.8 Å². The van der Waals surface area contributed by atoms with Gasteiger partial charge in [0.2, 0.25) is 0 Å². The highest BCUT2D eigenvalue weighted by Gasteiger charge is 2.38. The largest absolute Gasteiger partial charge is 0.416 e. The van der Waals surface area contributed by atoms with Crippen LogP contribution in [0.5, 0.6) is 0 Å². The average Bonchev–Trinajstić information content (AvgIpc) is 2.87. The van der Waals surface area contributed by atoms with Crippen LogP contribution >= 0.6 is 0 Å². The van der Waals surface area contributed by atoms with E-state index in [0.29, 0.717) is 37.9 Å². The maximum Gasteiger partial charge on any atom is 0.416 e. The number of piperidine rings is 1. The van der Waals surface area contributed by atoms with Gasteiger partial charge in [0.1, 0.15) is 23.8 Å². The zero-order valence-electron chi connectivity index (χ0n) is 21.3. The number of anilines is 2. The average molecular weight is 570 g/mol. The fraction of sp³-hybridized carbons (Fsp3) is 0.385. The maximum atomic E-state index is 15.1. The Morgan fingerprint density at radius 1 is 1.10 bits per heavy atom. The first-order valence-corrected chi connectivity index (χ1v) is 13.7. The molecule has 13 heteroatoms. The number of hydrogen-bond acceptors (Lipinski definition) is 6. The molecule has 0 spiro atoms. The first-order chi connectivity index (χ1) is 18.3. The molecule has 1 aliphatic heterocycles. The van der Waals surface area contributed by atoms with Crippen molar-refractivity contribution in [2.45, 2.75) is 42.3 Å². The van der Waals surface area contributed by atoms with E-state index in [1.807, 2.05) is 23.7 Å². The Morgan fingerprint density at radius 2 is 1.82 bits per heavy atom. The van der Waals surface area contributed by atoms with E-state index in [9.17, 15) is 21.6 Å². The van der Waals surface area contributed by atoms with Crippen molar-refractivity contribution in [3.8, 4) is 0 Å². The summed E-state index contributed by atoms with van der Waals surface area (Å²) in [4.78, 5) is 10.0. The third-order valence-electron chi connectivity index (χ3n) is 7.08. The van der Waals surface area contributed by atoms with E-state index in [2.05, 4.69) is 9.97 Å². The molecule has 2 heterocycles. The summed E-state index contributed by atoms with van der Waals surface area (Å²) in [6.07, 6.45) is 0.224. The molecule has 0 bridgehead atoms. The summed E-state index contributed by atoms with van der Waals surface area (Å²) < 4.78 is 97.1. The van der Waals surface area contributed by atoms with Gasteiger partial charge in [0.05, 0.1) is 5.56 Å². The molecule has 1 saturated heterocycles. The van der Waals surface area contributed by atoms with Crippen LogP contribution in [0, 0.1) is 11.6 Å². The summed E-state index contributed by atoms with van der Waals surface area (Å²) in [7, 11) is -0.876. The van der Waals surface area contributed by atoms with Gasteiger partial charge in [-0.3, -0.25) is 4.72 Å². The lowest BCUT2D eigenvalue weighted by Gasteiger charge is -2.48. The number of aromatic nitrogens is 2. The van der Waals surface area contributed by atoms with Crippen LogP contribution in [0.4, 0.5) is 33.5 Å². The number of alkyl halides is 3. The van der Waals surface area contributed by atoms with Gasteiger partial charge in [0, 0.05) is 30.5 Å². The first-order valence-electron chi connectivity index (χ1n) is 12.2. The summed E-state index contributed by atoms with van der Waals surface area (Å²) in [5.41, 5.74) is -0.472. The number of sulfonamides is 1.